The number of carbonyl (C=O) groups excluding carboxylic acids is 2. The number of anilines is 1. The Balaban J connectivity index is 2.22. The van der Waals surface area contributed by atoms with Crippen molar-refractivity contribution in [2.75, 3.05) is 12.4 Å². The lowest BCUT2D eigenvalue weighted by atomic mass is 10.2. The van der Waals surface area contributed by atoms with Gasteiger partial charge in [-0.15, -0.1) is 0 Å². The number of furan rings is 1. The Kier molecular flexibility index (Phi) is 4.62. The maximum atomic E-state index is 12.0. The molecule has 0 aliphatic carbocycles. The van der Waals surface area contributed by atoms with Crippen LogP contribution < -0.4 is 11.1 Å². The molecule has 0 aliphatic heterocycles. The van der Waals surface area contributed by atoms with Crippen LogP contribution in [0, 0.1) is 0 Å². The molecule has 7 heteroatoms. The molecule has 0 saturated carbocycles. The molecule has 0 unspecified atom stereocenters. The summed E-state index contributed by atoms with van der Waals surface area (Å²) in [5.74, 6) is -0.409. The van der Waals surface area contributed by atoms with Crippen molar-refractivity contribution in [3.8, 4) is 0 Å². The van der Waals surface area contributed by atoms with Crippen LogP contribution in [-0.2, 0) is 11.3 Å². The van der Waals surface area contributed by atoms with Crippen LogP contribution in [0.5, 0.6) is 0 Å². The molecule has 1 aromatic heterocycles. The Morgan fingerprint density at radius 1 is 1.33 bits per heavy atom. The van der Waals surface area contributed by atoms with Crippen molar-refractivity contribution in [3.63, 3.8) is 0 Å². The number of ether oxygens (including phenoxy) is 1. The molecule has 0 spiro atoms. The molecule has 3 N–H and O–H groups in total. The predicted molar refractivity (Wildman–Crippen MR) is 77.3 cm³/mol. The third-order valence-electron chi connectivity index (χ3n) is 2.72. The summed E-state index contributed by atoms with van der Waals surface area (Å²) in [5.41, 5.74) is 5.97. The number of hydrogen-bond donors (Lipinski definition) is 2. The van der Waals surface area contributed by atoms with Crippen LogP contribution in [0.3, 0.4) is 0 Å². The number of rotatable bonds is 4. The Morgan fingerprint density at radius 3 is 2.71 bits per heavy atom. The summed E-state index contributed by atoms with van der Waals surface area (Å²) in [6.45, 7) is 0.200. The number of esters is 1. The van der Waals surface area contributed by atoms with E-state index in [2.05, 4.69) is 10.1 Å². The van der Waals surface area contributed by atoms with Crippen LogP contribution in [-0.4, -0.2) is 19.0 Å². The van der Waals surface area contributed by atoms with E-state index in [1.807, 2.05) is 0 Å². The molecule has 1 aromatic carbocycles. The molecule has 110 valence electrons. The van der Waals surface area contributed by atoms with Gasteiger partial charge >= 0.3 is 5.97 Å². The average molecular weight is 309 g/mol. The van der Waals surface area contributed by atoms with Gasteiger partial charge in [-0.1, -0.05) is 11.6 Å². The molecule has 21 heavy (non-hydrogen) atoms. The molecule has 1 heterocycles. The van der Waals surface area contributed by atoms with Gasteiger partial charge in [-0.2, -0.15) is 0 Å². The van der Waals surface area contributed by atoms with Crippen LogP contribution >= 0.6 is 11.6 Å². The molecule has 2 rings (SSSR count). The van der Waals surface area contributed by atoms with Gasteiger partial charge in [0.25, 0.3) is 5.91 Å². The van der Waals surface area contributed by atoms with Gasteiger partial charge in [0.1, 0.15) is 5.76 Å². The smallest absolute Gasteiger partial charge is 0.337 e. The summed E-state index contributed by atoms with van der Waals surface area (Å²) in [6, 6.07) is 7.55. The lowest BCUT2D eigenvalue weighted by molar-refractivity contribution is 0.0600. The summed E-state index contributed by atoms with van der Waals surface area (Å²) >= 11 is 5.99. The molecule has 1 amide bonds. The maximum absolute atomic E-state index is 12.0. The minimum atomic E-state index is -0.523. The second-order valence-electron chi connectivity index (χ2n) is 4.11. The van der Waals surface area contributed by atoms with Crippen molar-refractivity contribution < 1.29 is 18.7 Å². The minimum absolute atomic E-state index is 0.106. The molecular formula is C14H13ClN2O4. The van der Waals surface area contributed by atoms with Gasteiger partial charge in [0, 0.05) is 0 Å². The Bertz CT molecular complexity index is 681. The fourth-order valence-electron chi connectivity index (χ4n) is 1.66. The largest absolute Gasteiger partial charge is 0.465 e. The van der Waals surface area contributed by atoms with E-state index in [0.717, 1.165) is 0 Å². The number of nitrogens with two attached hydrogens (primary N) is 1. The summed E-state index contributed by atoms with van der Waals surface area (Å²) in [4.78, 5) is 23.5. The average Bonchev–Trinajstić information content (AvgIpc) is 2.97. The van der Waals surface area contributed by atoms with E-state index in [0.29, 0.717) is 10.8 Å². The van der Waals surface area contributed by atoms with Gasteiger partial charge in [0.2, 0.25) is 0 Å². The zero-order valence-electron chi connectivity index (χ0n) is 11.2. The van der Waals surface area contributed by atoms with Gasteiger partial charge in [-0.3, -0.25) is 4.79 Å². The molecule has 0 radical (unpaired) electrons. The van der Waals surface area contributed by atoms with Crippen molar-refractivity contribution >= 4 is 29.2 Å². The lowest BCUT2D eigenvalue weighted by Gasteiger charge is -2.07. The van der Waals surface area contributed by atoms with Crippen molar-refractivity contribution in [3.05, 3.63) is 52.4 Å². The number of hydrogen-bond acceptors (Lipinski definition) is 5. The highest BCUT2D eigenvalue weighted by Crippen LogP contribution is 2.24. The van der Waals surface area contributed by atoms with Crippen molar-refractivity contribution in [1.29, 1.82) is 0 Å². The fourth-order valence-corrected chi connectivity index (χ4v) is 1.82. The Hall–Kier alpha value is -2.31. The van der Waals surface area contributed by atoms with Gasteiger partial charge in [0.05, 0.1) is 29.9 Å². The van der Waals surface area contributed by atoms with Crippen LogP contribution in [0.15, 0.2) is 34.7 Å². The van der Waals surface area contributed by atoms with E-state index < -0.39 is 11.9 Å². The van der Waals surface area contributed by atoms with E-state index >= 15 is 0 Å². The molecule has 0 saturated heterocycles. The molecule has 6 nitrogen and oxygen atoms in total. The topological polar surface area (TPSA) is 94.6 Å². The molecule has 0 fully saturated rings. The monoisotopic (exact) mass is 308 g/mol. The van der Waals surface area contributed by atoms with E-state index in [9.17, 15) is 9.59 Å². The van der Waals surface area contributed by atoms with E-state index in [1.165, 1.54) is 31.4 Å². The van der Waals surface area contributed by atoms with E-state index in [1.54, 1.807) is 6.07 Å². The number of benzene rings is 1. The summed E-state index contributed by atoms with van der Waals surface area (Å²) in [5, 5.41) is 2.86. The maximum Gasteiger partial charge on any atom is 0.337 e. The Labute approximate surface area is 125 Å². The van der Waals surface area contributed by atoms with Gasteiger partial charge in [0.15, 0.2) is 5.76 Å². The predicted octanol–water partition coefficient (Wildman–Crippen LogP) is 2.43. The highest BCUT2D eigenvalue weighted by atomic mass is 35.5. The molecule has 2 aromatic rings. The fraction of sp³-hybridized carbons (Fsp3) is 0.143. The Morgan fingerprint density at radius 2 is 2.10 bits per heavy atom. The van der Waals surface area contributed by atoms with Crippen molar-refractivity contribution in [1.82, 2.24) is 0 Å². The van der Waals surface area contributed by atoms with Crippen molar-refractivity contribution in [2.45, 2.75) is 6.54 Å². The van der Waals surface area contributed by atoms with Gasteiger partial charge < -0.3 is 20.2 Å². The minimum Gasteiger partial charge on any atom is -0.465 e. The van der Waals surface area contributed by atoms with E-state index in [-0.39, 0.29) is 23.6 Å². The van der Waals surface area contributed by atoms with Gasteiger partial charge in [-0.25, -0.2) is 4.79 Å². The molecule has 0 bridgehead atoms. The molecule has 0 atom stereocenters. The zero-order chi connectivity index (χ0) is 15.4. The first-order chi connectivity index (χ1) is 10.0. The third-order valence-corrected chi connectivity index (χ3v) is 3.05. The standard InChI is InChI=1S/C14H13ClN2O4/c1-20-14(19)8-2-4-10(15)11(6-8)17-13(18)12-5-3-9(7-16)21-12/h2-6H,7,16H2,1H3,(H,17,18). The lowest BCUT2D eigenvalue weighted by Crippen LogP contribution is -2.12. The normalized spacial score (nSPS) is 10.2. The van der Waals surface area contributed by atoms with Crippen LogP contribution in [0.4, 0.5) is 5.69 Å². The third kappa shape index (κ3) is 3.42. The number of amides is 1. The number of methoxy groups -OCH3 is 1. The first kappa shape index (κ1) is 15.1. The first-order valence-electron chi connectivity index (χ1n) is 6.03. The van der Waals surface area contributed by atoms with Crippen LogP contribution in [0.25, 0.3) is 0 Å². The highest BCUT2D eigenvalue weighted by molar-refractivity contribution is 6.34. The molecule has 0 aliphatic rings. The second-order valence-corrected chi connectivity index (χ2v) is 4.52. The second kappa shape index (κ2) is 6.43. The number of carbonyl (C=O) groups is 2. The quantitative estimate of drug-likeness (QED) is 0.846. The highest BCUT2D eigenvalue weighted by Gasteiger charge is 2.14. The summed E-state index contributed by atoms with van der Waals surface area (Å²) < 4.78 is 9.85. The molecular weight excluding hydrogens is 296 g/mol. The number of nitrogens with one attached hydrogen (secondary N) is 1. The van der Waals surface area contributed by atoms with E-state index in [4.69, 9.17) is 21.8 Å². The number of halogens is 1. The van der Waals surface area contributed by atoms with Crippen LogP contribution in [0.2, 0.25) is 5.02 Å². The zero-order valence-corrected chi connectivity index (χ0v) is 11.9. The van der Waals surface area contributed by atoms with Crippen molar-refractivity contribution in [2.24, 2.45) is 5.73 Å². The SMILES string of the molecule is COC(=O)c1ccc(Cl)c(NC(=O)c2ccc(CN)o2)c1. The summed E-state index contributed by atoms with van der Waals surface area (Å²) in [6.07, 6.45) is 0. The van der Waals surface area contributed by atoms with Gasteiger partial charge in [-0.05, 0) is 30.3 Å². The van der Waals surface area contributed by atoms with Crippen LogP contribution in [0.1, 0.15) is 26.7 Å². The first-order valence-corrected chi connectivity index (χ1v) is 6.41. The summed E-state index contributed by atoms with van der Waals surface area (Å²) in [7, 11) is 1.27.